The van der Waals surface area contributed by atoms with Gasteiger partial charge in [0.15, 0.2) is 0 Å². The fraction of sp³-hybridized carbons (Fsp3) is 0.500. The third-order valence-corrected chi connectivity index (χ3v) is 2.85. The Labute approximate surface area is 116 Å². The Balaban J connectivity index is 2.88. The van der Waals surface area contributed by atoms with E-state index in [4.69, 9.17) is 5.11 Å². The van der Waals surface area contributed by atoms with Gasteiger partial charge in [0, 0.05) is 12.1 Å². The molecular weight excluding hydrogens is 271 g/mol. The molecule has 0 fully saturated rings. The van der Waals surface area contributed by atoms with E-state index in [1.165, 1.54) is 12.1 Å². The molecule has 0 aliphatic heterocycles. The molecule has 0 aromatic heterocycles. The number of benzene rings is 1. The number of rotatable bonds is 5. The van der Waals surface area contributed by atoms with Gasteiger partial charge in [0.25, 0.3) is 5.91 Å². The van der Waals surface area contributed by atoms with E-state index in [2.05, 4.69) is 0 Å². The summed E-state index contributed by atoms with van der Waals surface area (Å²) in [6.07, 6.45) is -4.48. The quantitative estimate of drug-likeness (QED) is 0.905. The van der Waals surface area contributed by atoms with E-state index in [0.717, 1.165) is 5.56 Å². The highest BCUT2D eigenvalue weighted by molar-refractivity contribution is 5.94. The molecule has 1 aromatic rings. The van der Waals surface area contributed by atoms with Crippen molar-refractivity contribution in [3.05, 3.63) is 35.4 Å². The maximum absolute atomic E-state index is 12.4. The molecule has 0 bridgehead atoms. The number of nitrogens with zero attached hydrogens (tertiary/aromatic N) is 1. The van der Waals surface area contributed by atoms with Gasteiger partial charge in [0.05, 0.1) is 6.61 Å². The van der Waals surface area contributed by atoms with Crippen LogP contribution < -0.4 is 0 Å². The fourth-order valence-corrected chi connectivity index (χ4v) is 1.78. The molecule has 1 rings (SSSR count). The monoisotopic (exact) mass is 289 g/mol. The predicted octanol–water partition coefficient (Wildman–Crippen LogP) is 2.81. The minimum Gasteiger partial charge on any atom is -0.395 e. The molecule has 0 aliphatic carbocycles. The normalized spacial score (nSPS) is 11.8. The molecule has 0 atom stereocenters. The van der Waals surface area contributed by atoms with Crippen molar-refractivity contribution in [1.29, 1.82) is 0 Å². The Bertz CT molecular complexity index is 441. The first-order valence-electron chi connectivity index (χ1n) is 6.31. The standard InChI is InChI=1S/C14H18F3NO2/c1-10(2)11-3-5-12(6-4-11)13(20)18(7-8-19)9-14(15,16)17/h3-6,10,19H,7-9H2,1-2H3. The Morgan fingerprint density at radius 2 is 1.80 bits per heavy atom. The second kappa shape index (κ2) is 6.74. The average molecular weight is 289 g/mol. The van der Waals surface area contributed by atoms with E-state index in [0.29, 0.717) is 4.90 Å². The van der Waals surface area contributed by atoms with Crippen LogP contribution in [-0.4, -0.2) is 41.8 Å². The Kier molecular flexibility index (Phi) is 5.56. The van der Waals surface area contributed by atoms with Gasteiger partial charge in [-0.2, -0.15) is 13.2 Å². The summed E-state index contributed by atoms with van der Waals surface area (Å²) in [6, 6.07) is 6.47. The van der Waals surface area contributed by atoms with Gasteiger partial charge in [-0.1, -0.05) is 26.0 Å². The largest absolute Gasteiger partial charge is 0.406 e. The van der Waals surface area contributed by atoms with Crippen LogP contribution in [0.4, 0.5) is 13.2 Å². The van der Waals surface area contributed by atoms with Crippen molar-refractivity contribution in [3.8, 4) is 0 Å². The van der Waals surface area contributed by atoms with Crippen LogP contribution in [0.5, 0.6) is 0 Å². The van der Waals surface area contributed by atoms with Gasteiger partial charge in [-0.15, -0.1) is 0 Å². The molecule has 0 spiro atoms. The van der Waals surface area contributed by atoms with Crippen LogP contribution in [0.2, 0.25) is 0 Å². The van der Waals surface area contributed by atoms with Crippen LogP contribution >= 0.6 is 0 Å². The van der Waals surface area contributed by atoms with Gasteiger partial charge < -0.3 is 10.0 Å². The second-order valence-corrected chi connectivity index (χ2v) is 4.84. The SMILES string of the molecule is CC(C)c1ccc(C(=O)N(CCO)CC(F)(F)F)cc1. The lowest BCUT2D eigenvalue weighted by Gasteiger charge is -2.23. The van der Waals surface area contributed by atoms with Crippen molar-refractivity contribution >= 4 is 5.91 Å². The number of hydrogen-bond donors (Lipinski definition) is 1. The summed E-state index contributed by atoms with van der Waals surface area (Å²) >= 11 is 0. The van der Waals surface area contributed by atoms with Gasteiger partial charge in [0.2, 0.25) is 0 Å². The first kappa shape index (κ1) is 16.5. The van der Waals surface area contributed by atoms with Crippen LogP contribution in [0.25, 0.3) is 0 Å². The maximum Gasteiger partial charge on any atom is 0.406 e. The van der Waals surface area contributed by atoms with Gasteiger partial charge in [-0.05, 0) is 23.6 Å². The molecule has 0 saturated heterocycles. The summed E-state index contributed by atoms with van der Waals surface area (Å²) in [5.41, 5.74) is 1.19. The summed E-state index contributed by atoms with van der Waals surface area (Å²) in [4.78, 5) is 12.6. The van der Waals surface area contributed by atoms with E-state index in [1.54, 1.807) is 12.1 Å². The Morgan fingerprint density at radius 1 is 1.25 bits per heavy atom. The third kappa shape index (κ3) is 4.85. The molecule has 0 heterocycles. The molecule has 112 valence electrons. The molecule has 1 aromatic carbocycles. The van der Waals surface area contributed by atoms with Gasteiger partial charge in [0.1, 0.15) is 6.54 Å². The third-order valence-electron chi connectivity index (χ3n) is 2.85. The fourth-order valence-electron chi connectivity index (χ4n) is 1.78. The van der Waals surface area contributed by atoms with Crippen LogP contribution in [0.15, 0.2) is 24.3 Å². The molecule has 0 radical (unpaired) electrons. The minimum atomic E-state index is -4.48. The van der Waals surface area contributed by atoms with Crippen molar-refractivity contribution in [2.24, 2.45) is 0 Å². The average Bonchev–Trinajstić information content (AvgIpc) is 2.36. The van der Waals surface area contributed by atoms with Crippen LogP contribution in [0.1, 0.15) is 35.7 Å². The molecule has 3 nitrogen and oxygen atoms in total. The molecule has 0 aliphatic rings. The van der Waals surface area contributed by atoms with Crippen molar-refractivity contribution in [3.63, 3.8) is 0 Å². The number of aliphatic hydroxyl groups excluding tert-OH is 1. The van der Waals surface area contributed by atoms with Gasteiger partial charge in [-0.25, -0.2) is 0 Å². The summed E-state index contributed by atoms with van der Waals surface area (Å²) in [5.74, 6) is -0.449. The predicted molar refractivity (Wildman–Crippen MR) is 69.6 cm³/mol. The highest BCUT2D eigenvalue weighted by Crippen LogP contribution is 2.19. The number of hydrogen-bond acceptors (Lipinski definition) is 2. The zero-order valence-corrected chi connectivity index (χ0v) is 11.4. The van der Waals surface area contributed by atoms with Crippen molar-refractivity contribution in [2.75, 3.05) is 19.7 Å². The lowest BCUT2D eigenvalue weighted by molar-refractivity contribution is -0.141. The number of aliphatic hydroxyl groups is 1. The smallest absolute Gasteiger partial charge is 0.395 e. The van der Waals surface area contributed by atoms with Crippen LogP contribution in [0.3, 0.4) is 0 Å². The van der Waals surface area contributed by atoms with E-state index >= 15 is 0 Å². The van der Waals surface area contributed by atoms with Gasteiger partial charge in [-0.3, -0.25) is 4.79 Å². The Morgan fingerprint density at radius 3 is 2.20 bits per heavy atom. The highest BCUT2D eigenvalue weighted by Gasteiger charge is 2.33. The first-order chi connectivity index (χ1) is 9.24. The number of carbonyl (C=O) groups is 1. The molecule has 20 heavy (non-hydrogen) atoms. The first-order valence-corrected chi connectivity index (χ1v) is 6.31. The highest BCUT2D eigenvalue weighted by atomic mass is 19.4. The summed E-state index contributed by atoms with van der Waals surface area (Å²) in [7, 11) is 0. The van der Waals surface area contributed by atoms with Gasteiger partial charge >= 0.3 is 6.18 Å². The van der Waals surface area contributed by atoms with E-state index in [-0.39, 0.29) is 18.0 Å². The number of carbonyl (C=O) groups excluding carboxylic acids is 1. The lowest BCUT2D eigenvalue weighted by Crippen LogP contribution is -2.40. The molecule has 1 N–H and O–H groups in total. The van der Waals surface area contributed by atoms with E-state index in [9.17, 15) is 18.0 Å². The number of alkyl halides is 3. The van der Waals surface area contributed by atoms with Crippen LogP contribution in [0, 0.1) is 0 Å². The second-order valence-electron chi connectivity index (χ2n) is 4.84. The van der Waals surface area contributed by atoms with Crippen molar-refractivity contribution in [2.45, 2.75) is 25.9 Å². The van der Waals surface area contributed by atoms with Crippen LogP contribution in [-0.2, 0) is 0 Å². The lowest BCUT2D eigenvalue weighted by atomic mass is 10.0. The molecule has 0 unspecified atom stereocenters. The molecule has 0 saturated carbocycles. The van der Waals surface area contributed by atoms with E-state index in [1.807, 2.05) is 13.8 Å². The van der Waals surface area contributed by atoms with Crippen molar-refractivity contribution < 1.29 is 23.1 Å². The van der Waals surface area contributed by atoms with Crippen molar-refractivity contribution in [1.82, 2.24) is 4.90 Å². The molecule has 1 amide bonds. The molecule has 6 heteroatoms. The summed E-state index contributed by atoms with van der Waals surface area (Å²) in [5, 5.41) is 8.78. The van der Waals surface area contributed by atoms with E-state index < -0.39 is 25.2 Å². The number of amides is 1. The minimum absolute atomic E-state index is 0.187. The maximum atomic E-state index is 12.4. The zero-order chi connectivity index (χ0) is 15.3. The summed E-state index contributed by atoms with van der Waals surface area (Å²) in [6.45, 7) is 1.76. The summed E-state index contributed by atoms with van der Waals surface area (Å²) < 4.78 is 37.2. The Hall–Kier alpha value is -1.56. The molecular formula is C14H18F3NO2. The number of halogens is 3. The zero-order valence-electron chi connectivity index (χ0n) is 11.4. The topological polar surface area (TPSA) is 40.5 Å².